The zero-order valence-electron chi connectivity index (χ0n) is 11.8. The summed E-state index contributed by atoms with van der Waals surface area (Å²) in [5.41, 5.74) is 2.71. The number of ether oxygens (including phenoxy) is 1. The highest BCUT2D eigenvalue weighted by Gasteiger charge is 2.32. The number of nitrogens with one attached hydrogen (secondary N) is 1. The van der Waals surface area contributed by atoms with Crippen LogP contribution in [0, 0.1) is 5.92 Å². The average molecular weight is 324 g/mol. The molecule has 3 heteroatoms. The second kappa shape index (κ2) is 5.10. The van der Waals surface area contributed by atoms with Crippen LogP contribution in [0.25, 0.3) is 0 Å². The second-order valence-corrected chi connectivity index (χ2v) is 7.40. The third-order valence-corrected chi connectivity index (χ3v) is 4.63. The number of halogens is 1. The molecule has 104 valence electrons. The van der Waals surface area contributed by atoms with Crippen molar-refractivity contribution in [2.24, 2.45) is 5.92 Å². The molecule has 0 atom stereocenters. The molecule has 0 spiro atoms. The van der Waals surface area contributed by atoms with Crippen LogP contribution in [0.3, 0.4) is 0 Å². The van der Waals surface area contributed by atoms with Crippen molar-refractivity contribution < 1.29 is 4.74 Å². The van der Waals surface area contributed by atoms with E-state index in [-0.39, 0.29) is 5.60 Å². The summed E-state index contributed by atoms with van der Waals surface area (Å²) in [6.45, 7) is 6.67. The van der Waals surface area contributed by atoms with Crippen LogP contribution >= 0.6 is 15.9 Å². The summed E-state index contributed by atoms with van der Waals surface area (Å²) in [6.07, 6.45) is 4.73. The summed E-state index contributed by atoms with van der Waals surface area (Å²) in [7, 11) is 0. The SMILES string of the molecule is CC1(C)Cc2cc(Br)cc(CC3CCNCC3)c2O1. The number of hydrogen-bond acceptors (Lipinski definition) is 2. The largest absolute Gasteiger partial charge is 0.487 e. The Bertz CT molecular complexity index is 478. The van der Waals surface area contributed by atoms with Gasteiger partial charge < -0.3 is 10.1 Å². The molecular formula is C16H22BrNO. The molecule has 0 amide bonds. The molecule has 2 heterocycles. The minimum absolute atomic E-state index is 0.0496. The fourth-order valence-corrected chi connectivity index (χ4v) is 3.85. The number of benzene rings is 1. The summed E-state index contributed by atoms with van der Waals surface area (Å²) in [5.74, 6) is 1.96. The first-order valence-corrected chi connectivity index (χ1v) is 8.04. The molecule has 1 aromatic carbocycles. The van der Waals surface area contributed by atoms with Gasteiger partial charge in [-0.25, -0.2) is 0 Å². The van der Waals surface area contributed by atoms with Crippen LogP contribution in [0.15, 0.2) is 16.6 Å². The molecule has 0 aliphatic carbocycles. The van der Waals surface area contributed by atoms with Crippen molar-refractivity contribution in [3.05, 3.63) is 27.7 Å². The summed E-state index contributed by atoms with van der Waals surface area (Å²) in [4.78, 5) is 0. The first kappa shape index (κ1) is 13.4. The predicted octanol–water partition coefficient (Wildman–Crippen LogP) is 3.70. The quantitative estimate of drug-likeness (QED) is 0.895. The van der Waals surface area contributed by atoms with Crippen molar-refractivity contribution in [1.29, 1.82) is 0 Å². The zero-order chi connectivity index (χ0) is 13.5. The average Bonchev–Trinajstić information content (AvgIpc) is 2.65. The van der Waals surface area contributed by atoms with E-state index in [2.05, 4.69) is 47.2 Å². The maximum Gasteiger partial charge on any atom is 0.126 e. The molecule has 0 radical (unpaired) electrons. The van der Waals surface area contributed by atoms with Gasteiger partial charge in [-0.1, -0.05) is 15.9 Å². The maximum atomic E-state index is 6.19. The van der Waals surface area contributed by atoms with E-state index in [4.69, 9.17) is 4.74 Å². The lowest BCUT2D eigenvalue weighted by atomic mass is 9.89. The Morgan fingerprint density at radius 1 is 1.32 bits per heavy atom. The molecule has 0 bridgehead atoms. The van der Waals surface area contributed by atoms with Gasteiger partial charge in [0.05, 0.1) is 0 Å². The third kappa shape index (κ3) is 2.97. The van der Waals surface area contributed by atoms with Crippen LogP contribution in [0.1, 0.15) is 37.8 Å². The molecule has 1 aromatic rings. The monoisotopic (exact) mass is 323 g/mol. The Hall–Kier alpha value is -0.540. The lowest BCUT2D eigenvalue weighted by Gasteiger charge is -2.24. The first-order valence-electron chi connectivity index (χ1n) is 7.24. The molecule has 1 N–H and O–H groups in total. The molecule has 1 saturated heterocycles. The molecule has 0 aromatic heterocycles. The highest BCUT2D eigenvalue weighted by atomic mass is 79.9. The van der Waals surface area contributed by atoms with Gasteiger partial charge in [0.1, 0.15) is 11.4 Å². The molecule has 2 nitrogen and oxygen atoms in total. The normalized spacial score (nSPS) is 22.1. The van der Waals surface area contributed by atoms with Crippen LogP contribution in [-0.2, 0) is 12.8 Å². The summed E-state index contributed by atoms with van der Waals surface area (Å²) in [5, 5.41) is 3.44. The van der Waals surface area contributed by atoms with Crippen molar-refractivity contribution in [3.63, 3.8) is 0 Å². The highest BCUT2D eigenvalue weighted by Crippen LogP contribution is 2.41. The van der Waals surface area contributed by atoms with Crippen LogP contribution in [-0.4, -0.2) is 18.7 Å². The van der Waals surface area contributed by atoms with E-state index in [0.717, 1.165) is 37.6 Å². The summed E-state index contributed by atoms with van der Waals surface area (Å²) in [6, 6.07) is 4.47. The minimum Gasteiger partial charge on any atom is -0.487 e. The number of fused-ring (bicyclic) bond motifs is 1. The second-order valence-electron chi connectivity index (χ2n) is 6.49. The Balaban J connectivity index is 1.85. The summed E-state index contributed by atoms with van der Waals surface area (Å²) < 4.78 is 7.38. The molecule has 0 saturated carbocycles. The molecule has 2 aliphatic rings. The van der Waals surface area contributed by atoms with Gasteiger partial charge in [0.25, 0.3) is 0 Å². The van der Waals surface area contributed by atoms with Gasteiger partial charge in [0, 0.05) is 10.9 Å². The van der Waals surface area contributed by atoms with E-state index in [1.807, 2.05) is 0 Å². The van der Waals surface area contributed by atoms with Gasteiger partial charge >= 0.3 is 0 Å². The van der Waals surface area contributed by atoms with E-state index in [0.29, 0.717) is 0 Å². The van der Waals surface area contributed by atoms with Crippen molar-refractivity contribution in [3.8, 4) is 5.75 Å². The maximum absolute atomic E-state index is 6.19. The fraction of sp³-hybridized carbons (Fsp3) is 0.625. The third-order valence-electron chi connectivity index (χ3n) is 4.17. The van der Waals surface area contributed by atoms with Crippen molar-refractivity contribution >= 4 is 15.9 Å². The lowest BCUT2D eigenvalue weighted by molar-refractivity contribution is 0.136. The first-order chi connectivity index (χ1) is 9.03. The topological polar surface area (TPSA) is 21.3 Å². The number of rotatable bonds is 2. The predicted molar refractivity (Wildman–Crippen MR) is 81.9 cm³/mol. The Morgan fingerprint density at radius 3 is 2.79 bits per heavy atom. The molecular weight excluding hydrogens is 302 g/mol. The standard InChI is InChI=1S/C16H22BrNO/c1-16(2)10-13-9-14(17)8-12(15(13)19-16)7-11-3-5-18-6-4-11/h8-9,11,18H,3-7,10H2,1-2H3. The van der Waals surface area contributed by atoms with E-state index < -0.39 is 0 Å². The van der Waals surface area contributed by atoms with Crippen LogP contribution in [0.5, 0.6) is 5.75 Å². The van der Waals surface area contributed by atoms with Crippen LogP contribution in [0.2, 0.25) is 0 Å². The van der Waals surface area contributed by atoms with Gasteiger partial charge in [-0.05, 0) is 75.4 Å². The van der Waals surface area contributed by atoms with Crippen molar-refractivity contribution in [1.82, 2.24) is 5.32 Å². The van der Waals surface area contributed by atoms with E-state index in [1.165, 1.54) is 28.4 Å². The minimum atomic E-state index is -0.0496. The van der Waals surface area contributed by atoms with Crippen molar-refractivity contribution in [2.75, 3.05) is 13.1 Å². The zero-order valence-corrected chi connectivity index (χ0v) is 13.3. The molecule has 19 heavy (non-hydrogen) atoms. The smallest absolute Gasteiger partial charge is 0.126 e. The molecule has 2 aliphatic heterocycles. The van der Waals surface area contributed by atoms with Crippen LogP contribution in [0.4, 0.5) is 0 Å². The van der Waals surface area contributed by atoms with Gasteiger partial charge in [-0.3, -0.25) is 0 Å². The lowest BCUT2D eigenvalue weighted by Crippen LogP contribution is -2.29. The highest BCUT2D eigenvalue weighted by molar-refractivity contribution is 9.10. The molecule has 0 unspecified atom stereocenters. The van der Waals surface area contributed by atoms with Gasteiger partial charge in [-0.15, -0.1) is 0 Å². The number of hydrogen-bond donors (Lipinski definition) is 1. The molecule has 1 fully saturated rings. The van der Waals surface area contributed by atoms with Gasteiger partial charge in [0.2, 0.25) is 0 Å². The van der Waals surface area contributed by atoms with Gasteiger partial charge in [-0.2, -0.15) is 0 Å². The van der Waals surface area contributed by atoms with E-state index >= 15 is 0 Å². The van der Waals surface area contributed by atoms with Gasteiger partial charge in [0.15, 0.2) is 0 Å². The van der Waals surface area contributed by atoms with Crippen molar-refractivity contribution in [2.45, 2.75) is 45.1 Å². The molecule has 3 rings (SSSR count). The van der Waals surface area contributed by atoms with E-state index in [9.17, 15) is 0 Å². The number of piperidine rings is 1. The van der Waals surface area contributed by atoms with Crippen LogP contribution < -0.4 is 10.1 Å². The Labute approximate surface area is 124 Å². The van der Waals surface area contributed by atoms with E-state index in [1.54, 1.807) is 0 Å². The summed E-state index contributed by atoms with van der Waals surface area (Å²) >= 11 is 3.65. The Kier molecular flexibility index (Phi) is 3.61. The Morgan fingerprint density at radius 2 is 2.05 bits per heavy atom. The fourth-order valence-electron chi connectivity index (χ4n) is 3.29.